The highest BCUT2D eigenvalue weighted by Gasteiger charge is 2.15. The van der Waals surface area contributed by atoms with Gasteiger partial charge in [0, 0.05) is 0 Å². The third-order valence-electron chi connectivity index (χ3n) is 1.32. The van der Waals surface area contributed by atoms with Gasteiger partial charge in [-0.15, -0.1) is 0 Å². The van der Waals surface area contributed by atoms with E-state index in [0.29, 0.717) is 6.04 Å². The maximum Gasteiger partial charge on any atom is 0.0643 e. The van der Waals surface area contributed by atoms with Crippen LogP contribution in [0, 0.1) is 0 Å². The highest BCUT2D eigenvalue weighted by atomic mass is 16.5. The molecule has 8 heavy (non-hydrogen) atoms. The Labute approximate surface area is 50.2 Å². The van der Waals surface area contributed by atoms with Gasteiger partial charge in [0.1, 0.15) is 0 Å². The molecule has 0 unspecified atom stereocenters. The van der Waals surface area contributed by atoms with E-state index in [4.69, 9.17) is 4.74 Å². The lowest BCUT2D eigenvalue weighted by atomic mass is 10.2. The van der Waals surface area contributed by atoms with Crippen molar-refractivity contribution in [3.63, 3.8) is 0 Å². The molecule has 1 rings (SSSR count). The Morgan fingerprint density at radius 1 is 1.62 bits per heavy atom. The largest absolute Gasteiger partial charge is 0.378 e. The van der Waals surface area contributed by atoms with Crippen LogP contribution in [0.2, 0.25) is 0 Å². The second kappa shape index (κ2) is 3.05. The summed E-state index contributed by atoms with van der Waals surface area (Å²) in [6, 6.07) is 0.662. The molecule has 0 aromatic rings. The first-order valence-electron chi connectivity index (χ1n) is 3.24. The first kappa shape index (κ1) is 6.05. The first-order chi connectivity index (χ1) is 3.93. The van der Waals surface area contributed by atoms with E-state index in [9.17, 15) is 0 Å². The molecule has 0 radical (unpaired) electrons. The summed E-state index contributed by atoms with van der Waals surface area (Å²) in [5.74, 6) is 0. The summed E-state index contributed by atoms with van der Waals surface area (Å²) in [6.45, 7) is 5.14. The summed E-state index contributed by atoms with van der Waals surface area (Å²) in [5.41, 5.74) is 0. The van der Waals surface area contributed by atoms with Crippen molar-refractivity contribution in [3.8, 4) is 0 Å². The number of hydrogen-bond acceptors (Lipinski definition) is 2. The zero-order valence-electron chi connectivity index (χ0n) is 5.31. The molecule has 2 heteroatoms. The molecule has 48 valence electrons. The number of ether oxygens (including phenoxy) is 1. The fraction of sp³-hybridized carbons (Fsp3) is 1.00. The van der Waals surface area contributed by atoms with E-state index >= 15 is 0 Å². The molecule has 1 fully saturated rings. The fourth-order valence-corrected chi connectivity index (χ4v) is 0.702. The van der Waals surface area contributed by atoms with Crippen molar-refractivity contribution >= 4 is 0 Å². The van der Waals surface area contributed by atoms with Crippen LogP contribution in [0.15, 0.2) is 0 Å². The molecule has 0 saturated carbocycles. The van der Waals surface area contributed by atoms with E-state index in [0.717, 1.165) is 19.8 Å². The van der Waals surface area contributed by atoms with Crippen LogP contribution in [0.4, 0.5) is 0 Å². The minimum absolute atomic E-state index is 0.662. The molecule has 0 aromatic carbocycles. The fourth-order valence-electron chi connectivity index (χ4n) is 0.702. The van der Waals surface area contributed by atoms with Crippen molar-refractivity contribution in [3.05, 3.63) is 0 Å². The lowest BCUT2D eigenvalue weighted by molar-refractivity contribution is -0.00477. The SMILES string of the molecule is CCCNC1COC1. The minimum Gasteiger partial charge on any atom is -0.378 e. The van der Waals surface area contributed by atoms with Crippen LogP contribution < -0.4 is 5.32 Å². The quantitative estimate of drug-likeness (QED) is 0.574. The molecule has 0 aromatic heterocycles. The smallest absolute Gasteiger partial charge is 0.0643 e. The van der Waals surface area contributed by atoms with Crippen molar-refractivity contribution < 1.29 is 4.74 Å². The van der Waals surface area contributed by atoms with Gasteiger partial charge in [0.2, 0.25) is 0 Å². The standard InChI is InChI=1S/C6H13NO/c1-2-3-7-6-4-8-5-6/h6-7H,2-5H2,1H3. The van der Waals surface area contributed by atoms with Crippen LogP contribution in [0.1, 0.15) is 13.3 Å². The molecule has 1 saturated heterocycles. The Bertz CT molecular complexity index is 61.5. The lowest BCUT2D eigenvalue weighted by Gasteiger charge is -2.26. The summed E-state index contributed by atoms with van der Waals surface area (Å²) in [5, 5.41) is 3.34. The van der Waals surface area contributed by atoms with Gasteiger partial charge in [-0.05, 0) is 13.0 Å². The molecule has 1 N–H and O–H groups in total. The van der Waals surface area contributed by atoms with Crippen LogP contribution in [0.25, 0.3) is 0 Å². The Morgan fingerprint density at radius 3 is 2.75 bits per heavy atom. The number of rotatable bonds is 3. The van der Waals surface area contributed by atoms with Gasteiger partial charge in [0.25, 0.3) is 0 Å². The molecule has 2 nitrogen and oxygen atoms in total. The van der Waals surface area contributed by atoms with Crippen molar-refractivity contribution in [1.29, 1.82) is 0 Å². The predicted octanol–water partition coefficient (Wildman–Crippen LogP) is 0.385. The van der Waals surface area contributed by atoms with Gasteiger partial charge in [-0.3, -0.25) is 0 Å². The average molecular weight is 115 g/mol. The van der Waals surface area contributed by atoms with Crippen LogP contribution in [0.5, 0.6) is 0 Å². The predicted molar refractivity (Wildman–Crippen MR) is 32.9 cm³/mol. The first-order valence-corrected chi connectivity index (χ1v) is 3.24. The van der Waals surface area contributed by atoms with Gasteiger partial charge in [0.05, 0.1) is 19.3 Å². The van der Waals surface area contributed by atoms with Crippen LogP contribution in [-0.4, -0.2) is 25.8 Å². The van der Waals surface area contributed by atoms with E-state index in [1.807, 2.05) is 0 Å². The third-order valence-corrected chi connectivity index (χ3v) is 1.32. The highest BCUT2D eigenvalue weighted by Crippen LogP contribution is 1.98. The summed E-state index contributed by atoms with van der Waals surface area (Å²) < 4.78 is 4.97. The van der Waals surface area contributed by atoms with Gasteiger partial charge >= 0.3 is 0 Å². The second-order valence-corrected chi connectivity index (χ2v) is 2.19. The Balaban J connectivity index is 1.86. The van der Waals surface area contributed by atoms with Crippen molar-refractivity contribution in [1.82, 2.24) is 5.32 Å². The van der Waals surface area contributed by atoms with E-state index < -0.39 is 0 Å². The van der Waals surface area contributed by atoms with Crippen LogP contribution in [0.3, 0.4) is 0 Å². The topological polar surface area (TPSA) is 21.3 Å². The van der Waals surface area contributed by atoms with Gasteiger partial charge in [0.15, 0.2) is 0 Å². The maximum atomic E-state index is 4.97. The lowest BCUT2D eigenvalue weighted by Crippen LogP contribution is -2.46. The summed E-state index contributed by atoms with van der Waals surface area (Å²) >= 11 is 0. The summed E-state index contributed by atoms with van der Waals surface area (Å²) in [6.07, 6.45) is 1.22. The Morgan fingerprint density at radius 2 is 2.38 bits per heavy atom. The third kappa shape index (κ3) is 1.46. The van der Waals surface area contributed by atoms with E-state index in [1.165, 1.54) is 6.42 Å². The zero-order chi connectivity index (χ0) is 5.82. The Kier molecular flexibility index (Phi) is 2.30. The molecule has 0 bridgehead atoms. The molecular weight excluding hydrogens is 102 g/mol. The van der Waals surface area contributed by atoms with Gasteiger partial charge in [-0.2, -0.15) is 0 Å². The van der Waals surface area contributed by atoms with Crippen molar-refractivity contribution in [2.24, 2.45) is 0 Å². The molecule has 0 aliphatic carbocycles. The maximum absolute atomic E-state index is 4.97. The van der Waals surface area contributed by atoms with E-state index in [-0.39, 0.29) is 0 Å². The summed E-state index contributed by atoms with van der Waals surface area (Å²) in [7, 11) is 0. The minimum atomic E-state index is 0.662. The summed E-state index contributed by atoms with van der Waals surface area (Å²) in [4.78, 5) is 0. The average Bonchev–Trinajstić information content (AvgIpc) is 1.63. The molecule has 1 aliphatic heterocycles. The van der Waals surface area contributed by atoms with Crippen molar-refractivity contribution in [2.45, 2.75) is 19.4 Å². The van der Waals surface area contributed by atoms with Crippen molar-refractivity contribution in [2.75, 3.05) is 19.8 Å². The van der Waals surface area contributed by atoms with Gasteiger partial charge in [-0.25, -0.2) is 0 Å². The number of hydrogen-bond donors (Lipinski definition) is 1. The van der Waals surface area contributed by atoms with Gasteiger partial charge < -0.3 is 10.1 Å². The molecule has 0 atom stereocenters. The van der Waals surface area contributed by atoms with Crippen LogP contribution in [-0.2, 0) is 4.74 Å². The molecule has 1 heterocycles. The zero-order valence-corrected chi connectivity index (χ0v) is 5.31. The normalized spacial score (nSPS) is 20.6. The van der Waals surface area contributed by atoms with E-state index in [2.05, 4.69) is 12.2 Å². The van der Waals surface area contributed by atoms with E-state index in [1.54, 1.807) is 0 Å². The number of nitrogens with one attached hydrogen (secondary N) is 1. The second-order valence-electron chi connectivity index (χ2n) is 2.19. The Hall–Kier alpha value is -0.0800. The highest BCUT2D eigenvalue weighted by molar-refractivity contribution is 4.71. The monoisotopic (exact) mass is 115 g/mol. The molecule has 0 spiro atoms. The molecular formula is C6H13NO. The molecule has 1 aliphatic rings. The van der Waals surface area contributed by atoms with Gasteiger partial charge in [-0.1, -0.05) is 6.92 Å². The molecule has 0 amide bonds. The van der Waals surface area contributed by atoms with Crippen LogP contribution >= 0.6 is 0 Å².